The van der Waals surface area contributed by atoms with Crippen LogP contribution in [0.5, 0.6) is 0 Å². The summed E-state index contributed by atoms with van der Waals surface area (Å²) in [5.41, 5.74) is 0.658. The Morgan fingerprint density at radius 2 is 1.03 bits per heavy atom. The van der Waals surface area contributed by atoms with Gasteiger partial charge in [0.1, 0.15) is 28.9 Å². The van der Waals surface area contributed by atoms with Gasteiger partial charge in [0.2, 0.25) is 0 Å². The third-order valence-corrected chi connectivity index (χ3v) is 8.67. The fourth-order valence-electron chi connectivity index (χ4n) is 5.59. The molecule has 16 heteroatoms. The van der Waals surface area contributed by atoms with E-state index in [-0.39, 0.29) is 34.8 Å². The van der Waals surface area contributed by atoms with E-state index < -0.39 is 58.9 Å². The van der Waals surface area contributed by atoms with Gasteiger partial charge in [0, 0.05) is 24.8 Å². The lowest BCUT2D eigenvalue weighted by Crippen LogP contribution is -2.48. The normalized spacial score (nSPS) is 11.7. The number of ketones is 1. The quantitative estimate of drug-likeness (QED) is 0.0952. The van der Waals surface area contributed by atoms with Crippen molar-refractivity contribution in [1.82, 2.24) is 15.7 Å². The first-order valence-electron chi connectivity index (χ1n) is 20.6. The van der Waals surface area contributed by atoms with Crippen LogP contribution < -0.4 is 21.3 Å². The highest BCUT2D eigenvalue weighted by atomic mass is 19.1. The summed E-state index contributed by atoms with van der Waals surface area (Å²) in [5, 5.41) is 11.4. The molecule has 5 amide bonds. The maximum absolute atomic E-state index is 14.5. The molecule has 0 radical (unpaired) electrons. The first-order chi connectivity index (χ1) is 30.0. The molecule has 0 aliphatic carbocycles. The lowest BCUT2D eigenvalue weighted by molar-refractivity contribution is -0.171. The Labute approximate surface area is 374 Å². The van der Waals surface area contributed by atoms with Crippen molar-refractivity contribution in [2.24, 2.45) is 0 Å². The SMILES string of the molecule is CC[C@H](NC(=O)OC(C)(C)C)C(=O)Cc1cccc(F)c1C(=O)Nc1ccccc1.CC[C@H](NC(=O)OC(C)(C)C)C(=O)N(C)OC.Cc1cccc(F)c1C(=O)Nc1ccccc1. The van der Waals surface area contributed by atoms with Gasteiger partial charge in [-0.25, -0.2) is 23.4 Å². The van der Waals surface area contributed by atoms with Gasteiger partial charge in [-0.1, -0.05) is 74.5 Å². The summed E-state index contributed by atoms with van der Waals surface area (Å²) in [6, 6.07) is 24.9. The molecule has 64 heavy (non-hydrogen) atoms. The third-order valence-electron chi connectivity index (χ3n) is 8.67. The van der Waals surface area contributed by atoms with E-state index in [2.05, 4.69) is 21.3 Å². The second-order valence-corrected chi connectivity index (χ2v) is 16.2. The molecule has 346 valence electrons. The highest BCUT2D eigenvalue weighted by Gasteiger charge is 2.27. The number of likely N-dealkylation sites (N-methyl/N-ethyl adjacent to an activating group) is 1. The second-order valence-electron chi connectivity index (χ2n) is 16.2. The molecule has 0 saturated carbocycles. The number of halogens is 2. The molecule has 4 aromatic rings. The van der Waals surface area contributed by atoms with Gasteiger partial charge in [0.15, 0.2) is 5.78 Å². The van der Waals surface area contributed by atoms with Crippen molar-refractivity contribution in [3.8, 4) is 0 Å². The number of nitrogens with zero attached hydrogens (tertiary/aromatic N) is 1. The van der Waals surface area contributed by atoms with Crippen LogP contribution in [0.25, 0.3) is 0 Å². The first kappa shape index (κ1) is 53.5. The van der Waals surface area contributed by atoms with Crippen LogP contribution in [0, 0.1) is 18.6 Å². The molecule has 0 heterocycles. The molecule has 14 nitrogen and oxygen atoms in total. The highest BCUT2D eigenvalue weighted by Crippen LogP contribution is 2.19. The van der Waals surface area contributed by atoms with Crippen molar-refractivity contribution in [1.29, 1.82) is 0 Å². The zero-order chi connectivity index (χ0) is 48.2. The molecule has 4 N–H and O–H groups in total. The lowest BCUT2D eigenvalue weighted by atomic mass is 9.97. The number of alkyl carbamates (subject to hydrolysis) is 2. The van der Waals surface area contributed by atoms with Crippen molar-refractivity contribution in [3.63, 3.8) is 0 Å². The molecule has 0 saturated heterocycles. The fraction of sp³-hybridized carbons (Fsp3) is 0.375. The Bertz CT molecular complexity index is 2160. The van der Waals surface area contributed by atoms with E-state index >= 15 is 0 Å². The molecule has 4 rings (SSSR count). The number of carbonyl (C=O) groups excluding carboxylic acids is 6. The van der Waals surface area contributed by atoms with Crippen LogP contribution in [0.4, 0.5) is 29.7 Å². The molecule has 0 aromatic heterocycles. The van der Waals surface area contributed by atoms with Gasteiger partial charge < -0.3 is 30.7 Å². The predicted molar refractivity (Wildman–Crippen MR) is 242 cm³/mol. The summed E-state index contributed by atoms with van der Waals surface area (Å²) in [4.78, 5) is 77.3. The minimum absolute atomic E-state index is 0.0938. The van der Waals surface area contributed by atoms with Crippen molar-refractivity contribution >= 4 is 47.1 Å². The number of rotatable bonds is 13. The highest BCUT2D eigenvalue weighted by molar-refractivity contribution is 6.07. The maximum atomic E-state index is 14.5. The summed E-state index contributed by atoms with van der Waals surface area (Å²) in [5.74, 6) is -2.95. The number of para-hydroxylation sites is 2. The van der Waals surface area contributed by atoms with Gasteiger partial charge in [-0.15, -0.1) is 0 Å². The average Bonchev–Trinajstić information content (AvgIpc) is 3.21. The molecule has 4 aromatic carbocycles. The largest absolute Gasteiger partial charge is 0.444 e. The number of Topliss-reactive ketones (excluding diaryl/α,β-unsaturated/α-hetero) is 1. The van der Waals surface area contributed by atoms with Gasteiger partial charge >= 0.3 is 12.2 Å². The molecule has 0 bridgehead atoms. The number of hydrogen-bond acceptors (Lipinski definition) is 9. The lowest BCUT2D eigenvalue weighted by Gasteiger charge is -2.24. The molecule has 0 aliphatic heterocycles. The van der Waals surface area contributed by atoms with Crippen molar-refractivity contribution in [2.45, 2.75) is 105 Å². The van der Waals surface area contributed by atoms with Gasteiger partial charge in [0.25, 0.3) is 17.7 Å². The Morgan fingerprint density at radius 3 is 1.45 bits per heavy atom. The van der Waals surface area contributed by atoms with Crippen molar-refractivity contribution in [3.05, 3.63) is 131 Å². The van der Waals surface area contributed by atoms with E-state index in [1.54, 1.807) is 117 Å². The summed E-state index contributed by atoms with van der Waals surface area (Å²) in [6.07, 6.45) is -0.722. The second kappa shape index (κ2) is 25.4. The summed E-state index contributed by atoms with van der Waals surface area (Å²) >= 11 is 0. The van der Waals surface area contributed by atoms with E-state index in [4.69, 9.17) is 14.3 Å². The smallest absolute Gasteiger partial charge is 0.408 e. The number of anilines is 2. The van der Waals surface area contributed by atoms with E-state index in [1.165, 1.54) is 38.4 Å². The van der Waals surface area contributed by atoms with Crippen LogP contribution >= 0.6 is 0 Å². The number of nitrogens with one attached hydrogen (secondary N) is 4. The molecule has 0 spiro atoms. The zero-order valence-electron chi connectivity index (χ0n) is 38.4. The Hall–Kier alpha value is -6.68. The summed E-state index contributed by atoms with van der Waals surface area (Å²) in [7, 11) is 2.87. The Morgan fingerprint density at radius 1 is 0.609 bits per heavy atom. The summed E-state index contributed by atoms with van der Waals surface area (Å²) in [6.45, 7) is 15.7. The van der Waals surface area contributed by atoms with Gasteiger partial charge in [-0.05, 0) is 109 Å². The first-order valence-corrected chi connectivity index (χ1v) is 20.6. The zero-order valence-corrected chi connectivity index (χ0v) is 38.4. The Kier molecular flexibility index (Phi) is 21.2. The number of hydroxylamine groups is 2. The molecular formula is C48H61F2N5O9. The number of amides is 5. The number of benzene rings is 4. The van der Waals surface area contributed by atoms with Crippen LogP contribution in [0.1, 0.15) is 100 Å². The predicted octanol–water partition coefficient (Wildman–Crippen LogP) is 9.19. The average molecular weight is 890 g/mol. The maximum Gasteiger partial charge on any atom is 0.408 e. The summed E-state index contributed by atoms with van der Waals surface area (Å²) < 4.78 is 38.3. The molecule has 0 aliphatic rings. The number of carbonyl (C=O) groups is 6. The van der Waals surface area contributed by atoms with Crippen LogP contribution in [-0.4, -0.2) is 78.2 Å². The van der Waals surface area contributed by atoms with Crippen LogP contribution in [-0.2, 0) is 30.3 Å². The number of ether oxygens (including phenoxy) is 2. The number of hydrogen-bond donors (Lipinski definition) is 4. The van der Waals surface area contributed by atoms with E-state index in [1.807, 2.05) is 18.2 Å². The molecule has 0 unspecified atom stereocenters. The monoisotopic (exact) mass is 889 g/mol. The molecular weight excluding hydrogens is 829 g/mol. The molecule has 2 atom stereocenters. The Balaban J connectivity index is 0.000000354. The van der Waals surface area contributed by atoms with Crippen LogP contribution in [0.3, 0.4) is 0 Å². The van der Waals surface area contributed by atoms with Crippen LogP contribution in [0.15, 0.2) is 97.1 Å². The minimum atomic E-state index is -0.812. The topological polar surface area (TPSA) is 181 Å². The van der Waals surface area contributed by atoms with E-state index in [0.717, 1.165) is 5.06 Å². The van der Waals surface area contributed by atoms with Crippen molar-refractivity contribution < 1.29 is 51.9 Å². The van der Waals surface area contributed by atoms with E-state index in [9.17, 15) is 37.5 Å². The fourth-order valence-corrected chi connectivity index (χ4v) is 5.59. The standard InChI is InChI=1S/C23H27FN2O4.C14H12FNO.C11H22N2O4/c1-5-18(26-22(29)30-23(2,3)4)19(27)14-15-10-9-13-17(24)20(15)21(28)25-16-11-7-6-8-12-16;1-10-6-5-9-12(15)13(10)14(17)16-11-7-3-2-4-8-11;1-7-8(9(14)13(5)16-6)12-10(15)17-11(2,3)4/h6-13,18H,5,14H2,1-4H3,(H,25,28)(H,26,29);2-9H,1H3,(H,16,17);8H,7H2,1-6H3,(H,12,15)/t18-;;8-/m0.0/s1. The van der Waals surface area contributed by atoms with Gasteiger partial charge in [0.05, 0.1) is 24.3 Å². The van der Waals surface area contributed by atoms with Crippen LogP contribution in [0.2, 0.25) is 0 Å². The molecule has 0 fully saturated rings. The number of aryl methyl sites for hydroxylation is 1. The van der Waals surface area contributed by atoms with E-state index in [0.29, 0.717) is 29.8 Å². The van der Waals surface area contributed by atoms with Crippen molar-refractivity contribution in [2.75, 3.05) is 24.8 Å². The van der Waals surface area contributed by atoms with Gasteiger partial charge in [-0.3, -0.25) is 24.0 Å². The minimum Gasteiger partial charge on any atom is -0.444 e. The van der Waals surface area contributed by atoms with Gasteiger partial charge in [-0.2, -0.15) is 0 Å². The third kappa shape index (κ3) is 18.7.